The van der Waals surface area contributed by atoms with Crippen LogP contribution in [-0.4, -0.2) is 12.1 Å². The fourth-order valence-corrected chi connectivity index (χ4v) is 5.99. The molecule has 0 fully saturated rings. The SMILES string of the molecule is COc1ccc(-c2c(-c3ccc(C(C)(C)C)cc3)nc(-c3ccc(C(F)(F)F)cc3)c(-c3ccc(C(F)(F)F)cc3)c2-c2ccccc2)cc1. The summed E-state index contributed by atoms with van der Waals surface area (Å²) in [6.45, 7) is 6.33. The Bertz CT molecular complexity index is 2090. The number of halogens is 6. The maximum atomic E-state index is 13.7. The van der Waals surface area contributed by atoms with Gasteiger partial charge in [0, 0.05) is 27.8 Å². The van der Waals surface area contributed by atoms with Gasteiger partial charge in [0.25, 0.3) is 0 Å². The summed E-state index contributed by atoms with van der Waals surface area (Å²) in [6, 6.07) is 34.3. The Balaban J connectivity index is 1.77. The Kier molecular flexibility index (Phi) is 9.08. The molecule has 0 aliphatic rings. The average molecular weight is 682 g/mol. The van der Waals surface area contributed by atoms with E-state index in [1.807, 2.05) is 78.9 Å². The molecule has 0 saturated heterocycles. The van der Waals surface area contributed by atoms with Gasteiger partial charge in [-0.25, -0.2) is 4.98 Å². The highest BCUT2D eigenvalue weighted by molar-refractivity contribution is 6.04. The third-order valence-corrected chi connectivity index (χ3v) is 8.65. The van der Waals surface area contributed by atoms with E-state index >= 15 is 0 Å². The van der Waals surface area contributed by atoms with Gasteiger partial charge in [-0.2, -0.15) is 26.3 Å². The van der Waals surface area contributed by atoms with Crippen molar-refractivity contribution in [3.63, 3.8) is 0 Å². The van der Waals surface area contributed by atoms with Crippen LogP contribution >= 0.6 is 0 Å². The van der Waals surface area contributed by atoms with Gasteiger partial charge in [-0.05, 0) is 64.1 Å². The van der Waals surface area contributed by atoms with E-state index in [0.717, 1.165) is 46.5 Å². The molecule has 0 aliphatic heterocycles. The topological polar surface area (TPSA) is 22.1 Å². The highest BCUT2D eigenvalue weighted by atomic mass is 19.4. The van der Waals surface area contributed by atoms with Gasteiger partial charge >= 0.3 is 12.4 Å². The molecule has 1 heterocycles. The van der Waals surface area contributed by atoms with Crippen LogP contribution in [0, 0.1) is 0 Å². The number of rotatable bonds is 6. The number of hydrogen-bond acceptors (Lipinski definition) is 2. The van der Waals surface area contributed by atoms with Gasteiger partial charge in [-0.3, -0.25) is 0 Å². The molecular weight excluding hydrogens is 648 g/mol. The van der Waals surface area contributed by atoms with Crippen molar-refractivity contribution in [2.24, 2.45) is 0 Å². The number of alkyl halides is 6. The largest absolute Gasteiger partial charge is 0.497 e. The zero-order valence-electron chi connectivity index (χ0n) is 27.7. The van der Waals surface area contributed by atoms with Gasteiger partial charge in [0.15, 0.2) is 0 Å². The first-order chi connectivity index (χ1) is 23.6. The smallest absolute Gasteiger partial charge is 0.416 e. The Morgan fingerprint density at radius 3 is 1.16 bits per heavy atom. The van der Waals surface area contributed by atoms with Crippen molar-refractivity contribution in [2.75, 3.05) is 7.11 Å². The van der Waals surface area contributed by atoms with Crippen LogP contribution in [0.4, 0.5) is 26.3 Å². The Morgan fingerprint density at radius 1 is 0.420 bits per heavy atom. The average Bonchev–Trinajstić information content (AvgIpc) is 3.10. The van der Waals surface area contributed by atoms with Gasteiger partial charge in [0.1, 0.15) is 5.75 Å². The zero-order chi connectivity index (χ0) is 35.8. The van der Waals surface area contributed by atoms with Crippen LogP contribution in [-0.2, 0) is 17.8 Å². The van der Waals surface area contributed by atoms with E-state index in [9.17, 15) is 26.3 Å². The summed E-state index contributed by atoms with van der Waals surface area (Å²) in [5.41, 5.74) is 5.10. The second kappa shape index (κ2) is 13.2. The number of pyridine rings is 1. The summed E-state index contributed by atoms with van der Waals surface area (Å²) >= 11 is 0. The van der Waals surface area contributed by atoms with Crippen molar-refractivity contribution < 1.29 is 31.1 Å². The molecule has 0 radical (unpaired) electrons. The second-order valence-electron chi connectivity index (χ2n) is 13.0. The van der Waals surface area contributed by atoms with E-state index in [2.05, 4.69) is 20.8 Å². The Hall–Kier alpha value is -5.37. The number of methoxy groups -OCH3 is 1. The van der Waals surface area contributed by atoms with Gasteiger partial charge in [0.2, 0.25) is 0 Å². The molecule has 6 aromatic rings. The van der Waals surface area contributed by atoms with Crippen molar-refractivity contribution in [2.45, 2.75) is 38.5 Å². The molecule has 0 saturated carbocycles. The minimum absolute atomic E-state index is 0.127. The van der Waals surface area contributed by atoms with Crippen molar-refractivity contribution >= 4 is 0 Å². The molecule has 5 aromatic carbocycles. The summed E-state index contributed by atoms with van der Waals surface area (Å²) < 4.78 is 87.6. The number of nitrogens with zero attached hydrogens (tertiary/aromatic N) is 1. The summed E-state index contributed by atoms with van der Waals surface area (Å²) in [7, 11) is 1.57. The van der Waals surface area contributed by atoms with Gasteiger partial charge in [0.05, 0.1) is 29.6 Å². The van der Waals surface area contributed by atoms with E-state index in [4.69, 9.17) is 9.72 Å². The molecule has 0 aliphatic carbocycles. The Morgan fingerprint density at radius 2 is 0.780 bits per heavy atom. The first kappa shape index (κ1) is 34.5. The zero-order valence-corrected chi connectivity index (χ0v) is 27.7. The molecule has 0 unspecified atom stereocenters. The fourth-order valence-electron chi connectivity index (χ4n) is 5.99. The molecule has 2 nitrogen and oxygen atoms in total. The highest BCUT2D eigenvalue weighted by Crippen LogP contribution is 2.49. The molecule has 254 valence electrons. The number of aromatic nitrogens is 1. The first-order valence-corrected chi connectivity index (χ1v) is 15.9. The monoisotopic (exact) mass is 681 g/mol. The lowest BCUT2D eigenvalue weighted by atomic mass is 9.82. The van der Waals surface area contributed by atoms with Crippen molar-refractivity contribution in [3.8, 4) is 61.6 Å². The third-order valence-electron chi connectivity index (χ3n) is 8.65. The van der Waals surface area contributed by atoms with Gasteiger partial charge in [-0.1, -0.05) is 112 Å². The van der Waals surface area contributed by atoms with Crippen LogP contribution in [0.2, 0.25) is 0 Å². The van der Waals surface area contributed by atoms with Gasteiger partial charge in [-0.15, -0.1) is 0 Å². The van der Waals surface area contributed by atoms with Crippen molar-refractivity contribution in [3.05, 3.63) is 144 Å². The predicted octanol–water partition coefficient (Wildman–Crippen LogP) is 12.8. The minimum atomic E-state index is -4.56. The predicted molar refractivity (Wildman–Crippen MR) is 187 cm³/mol. The van der Waals surface area contributed by atoms with E-state index in [-0.39, 0.29) is 5.41 Å². The Labute approximate surface area is 287 Å². The maximum absolute atomic E-state index is 13.7. The molecule has 0 bridgehead atoms. The lowest BCUT2D eigenvalue weighted by molar-refractivity contribution is -0.138. The second-order valence-corrected chi connectivity index (χ2v) is 13.0. The summed E-state index contributed by atoms with van der Waals surface area (Å²) in [6.07, 6.45) is -9.12. The summed E-state index contributed by atoms with van der Waals surface area (Å²) in [4.78, 5) is 5.21. The number of ether oxygens (including phenoxy) is 1. The molecule has 0 spiro atoms. The van der Waals surface area contributed by atoms with Crippen LogP contribution in [0.15, 0.2) is 127 Å². The molecule has 6 rings (SSSR count). The lowest BCUT2D eigenvalue weighted by Gasteiger charge is -2.24. The van der Waals surface area contributed by atoms with Crippen LogP contribution < -0.4 is 4.74 Å². The maximum Gasteiger partial charge on any atom is 0.416 e. The first-order valence-electron chi connectivity index (χ1n) is 15.9. The van der Waals surface area contributed by atoms with Crippen LogP contribution in [0.5, 0.6) is 5.75 Å². The minimum Gasteiger partial charge on any atom is -0.497 e. The van der Waals surface area contributed by atoms with Crippen molar-refractivity contribution in [1.29, 1.82) is 0 Å². The molecule has 1 aromatic heterocycles. The fraction of sp³-hybridized carbons (Fsp3) is 0.167. The van der Waals surface area contributed by atoms with E-state index in [1.54, 1.807) is 7.11 Å². The standard InChI is InChI=1S/C42H33F6NO/c1-40(2,3)31-18-12-29(13-19-31)38-37(28-16-24-34(50-4)25-17-28)35(26-8-6-5-7-9-26)36(27-10-20-32(21-11-27)41(43,44)45)39(49-38)30-14-22-33(23-15-30)42(46,47)48/h5-25H,1-4H3. The molecule has 50 heavy (non-hydrogen) atoms. The summed E-state index contributed by atoms with van der Waals surface area (Å²) in [5, 5.41) is 0. The van der Waals surface area contributed by atoms with E-state index in [0.29, 0.717) is 45.0 Å². The molecular formula is C42H33F6NO. The molecule has 0 atom stereocenters. The quantitative estimate of drug-likeness (QED) is 0.163. The molecule has 8 heteroatoms. The molecule has 0 amide bonds. The van der Waals surface area contributed by atoms with Gasteiger partial charge < -0.3 is 4.74 Å². The third kappa shape index (κ3) is 7.01. The summed E-state index contributed by atoms with van der Waals surface area (Å²) in [5.74, 6) is 0.628. The lowest BCUT2D eigenvalue weighted by Crippen LogP contribution is -2.10. The van der Waals surface area contributed by atoms with E-state index in [1.165, 1.54) is 24.3 Å². The number of hydrogen-bond donors (Lipinski definition) is 0. The van der Waals surface area contributed by atoms with Crippen LogP contribution in [0.1, 0.15) is 37.5 Å². The van der Waals surface area contributed by atoms with Crippen LogP contribution in [0.3, 0.4) is 0 Å². The number of benzene rings is 5. The highest BCUT2D eigenvalue weighted by Gasteiger charge is 2.32. The van der Waals surface area contributed by atoms with Crippen molar-refractivity contribution in [1.82, 2.24) is 4.98 Å². The van der Waals surface area contributed by atoms with Crippen LogP contribution in [0.25, 0.3) is 55.9 Å². The molecule has 0 N–H and O–H groups in total. The normalized spacial score (nSPS) is 12.2. The van der Waals surface area contributed by atoms with E-state index < -0.39 is 23.5 Å².